The summed E-state index contributed by atoms with van der Waals surface area (Å²) in [7, 11) is -3.40. The third-order valence-corrected chi connectivity index (χ3v) is 5.32. The van der Waals surface area contributed by atoms with E-state index in [1.165, 1.54) is 4.90 Å². The topological polar surface area (TPSA) is 107 Å². The maximum absolute atomic E-state index is 11.6. The molecular weight excluding hydrogens is 328 g/mol. The predicted molar refractivity (Wildman–Crippen MR) is 85.5 cm³/mol. The van der Waals surface area contributed by atoms with E-state index in [0.29, 0.717) is 5.69 Å². The number of carboxylic acids is 1. The van der Waals surface area contributed by atoms with E-state index in [4.69, 9.17) is 17.3 Å². The third-order valence-electron chi connectivity index (χ3n) is 3.29. The zero-order chi connectivity index (χ0) is 16.3. The van der Waals surface area contributed by atoms with Gasteiger partial charge in [-0.1, -0.05) is 18.2 Å². The minimum Gasteiger partial charge on any atom is -0.480 e. The number of thiocarbonyl (C=S) groups is 1. The van der Waals surface area contributed by atoms with Crippen LogP contribution >= 0.6 is 12.2 Å². The molecule has 0 amide bonds. The van der Waals surface area contributed by atoms with Crippen LogP contribution in [0, 0.1) is 0 Å². The highest BCUT2D eigenvalue weighted by atomic mass is 32.2. The van der Waals surface area contributed by atoms with E-state index in [1.54, 1.807) is 24.3 Å². The van der Waals surface area contributed by atoms with Crippen molar-refractivity contribution in [2.24, 2.45) is 0 Å². The summed E-state index contributed by atoms with van der Waals surface area (Å²) in [5.41, 5.74) is 0.651. The van der Waals surface area contributed by atoms with Gasteiger partial charge < -0.3 is 20.4 Å². The van der Waals surface area contributed by atoms with Gasteiger partial charge in [-0.2, -0.15) is 0 Å². The summed E-state index contributed by atoms with van der Waals surface area (Å²) in [6, 6.07) is 7.99. The van der Waals surface area contributed by atoms with Gasteiger partial charge in [-0.3, -0.25) is 4.79 Å². The Morgan fingerprint density at radius 2 is 1.95 bits per heavy atom. The second kappa shape index (κ2) is 6.59. The number of para-hydroxylation sites is 1. The molecule has 1 aliphatic rings. The predicted octanol–water partition coefficient (Wildman–Crippen LogP) is -0.0721. The molecule has 1 aromatic carbocycles. The lowest BCUT2D eigenvalue weighted by atomic mass is 10.2. The largest absolute Gasteiger partial charge is 0.480 e. The fraction of sp³-hybridized carbons (Fsp3) is 0.385. The van der Waals surface area contributed by atoms with Crippen LogP contribution < -0.4 is 5.32 Å². The lowest BCUT2D eigenvalue weighted by molar-refractivity contribution is -0.137. The van der Waals surface area contributed by atoms with E-state index in [0.717, 1.165) is 0 Å². The van der Waals surface area contributed by atoms with Crippen molar-refractivity contribution in [2.75, 3.05) is 23.4 Å². The number of hydrogen-bond acceptors (Lipinski definition) is 5. The first-order chi connectivity index (χ1) is 10.3. The number of carbonyl (C=O) groups is 1. The van der Waals surface area contributed by atoms with Crippen molar-refractivity contribution in [2.45, 2.75) is 12.1 Å². The molecule has 0 spiro atoms. The van der Waals surface area contributed by atoms with Crippen LogP contribution in [0.1, 0.15) is 0 Å². The van der Waals surface area contributed by atoms with Crippen LogP contribution in [0.15, 0.2) is 30.3 Å². The Morgan fingerprint density at radius 3 is 2.45 bits per heavy atom. The average molecular weight is 344 g/mol. The van der Waals surface area contributed by atoms with Crippen LogP contribution in [-0.4, -0.2) is 64.8 Å². The number of rotatable bonds is 4. The standard InChI is InChI=1S/C13H16N2O5S2/c16-11-8-22(19,20)7-10(11)15(6-12(17)18)13(21)14-9-4-2-1-3-5-9/h1-5,10-11,16H,6-8H2,(H,14,21)(H,17,18)/t10-,11-/m1/s1. The summed E-state index contributed by atoms with van der Waals surface area (Å²) in [5.74, 6) is -1.87. The number of anilines is 1. The number of nitrogens with zero attached hydrogens (tertiary/aromatic N) is 1. The first-order valence-corrected chi connectivity index (χ1v) is 8.74. The van der Waals surface area contributed by atoms with Crippen LogP contribution in [0.25, 0.3) is 0 Å². The number of aliphatic hydroxyl groups is 1. The number of carboxylic acid groups (broad SMARTS) is 1. The van der Waals surface area contributed by atoms with Crippen LogP contribution in [-0.2, 0) is 14.6 Å². The molecule has 9 heteroatoms. The molecule has 0 radical (unpaired) electrons. The monoisotopic (exact) mass is 344 g/mol. The van der Waals surface area contributed by atoms with Gasteiger partial charge in [0.15, 0.2) is 14.9 Å². The molecule has 22 heavy (non-hydrogen) atoms. The zero-order valence-corrected chi connectivity index (χ0v) is 13.2. The van der Waals surface area contributed by atoms with Crippen molar-refractivity contribution in [3.63, 3.8) is 0 Å². The van der Waals surface area contributed by atoms with Crippen LogP contribution in [0.5, 0.6) is 0 Å². The molecule has 1 aliphatic heterocycles. The molecule has 0 saturated carbocycles. The number of aliphatic carboxylic acids is 1. The number of hydrogen-bond donors (Lipinski definition) is 3. The van der Waals surface area contributed by atoms with Gasteiger partial charge in [0.2, 0.25) is 0 Å². The number of benzene rings is 1. The van der Waals surface area contributed by atoms with E-state index in [2.05, 4.69) is 5.32 Å². The fourth-order valence-electron chi connectivity index (χ4n) is 2.31. The summed E-state index contributed by atoms with van der Waals surface area (Å²) in [5, 5.41) is 21.9. The van der Waals surface area contributed by atoms with Gasteiger partial charge in [-0.05, 0) is 24.4 Å². The zero-order valence-electron chi connectivity index (χ0n) is 11.5. The summed E-state index contributed by atoms with van der Waals surface area (Å²) in [6.45, 7) is -0.490. The second-order valence-electron chi connectivity index (χ2n) is 5.03. The number of aliphatic hydroxyl groups excluding tert-OH is 1. The van der Waals surface area contributed by atoms with Gasteiger partial charge in [0.25, 0.3) is 0 Å². The highest BCUT2D eigenvalue weighted by Crippen LogP contribution is 2.20. The summed E-state index contributed by atoms with van der Waals surface area (Å²) < 4.78 is 23.2. The maximum atomic E-state index is 11.6. The first-order valence-electron chi connectivity index (χ1n) is 6.51. The van der Waals surface area contributed by atoms with Crippen molar-refractivity contribution in [1.29, 1.82) is 0 Å². The van der Waals surface area contributed by atoms with Gasteiger partial charge in [0.1, 0.15) is 6.54 Å². The van der Waals surface area contributed by atoms with E-state index >= 15 is 0 Å². The van der Waals surface area contributed by atoms with Gasteiger partial charge >= 0.3 is 5.97 Å². The summed E-state index contributed by atoms with van der Waals surface area (Å²) >= 11 is 5.19. The minimum atomic E-state index is -3.40. The van der Waals surface area contributed by atoms with Crippen LogP contribution in [0.2, 0.25) is 0 Å². The van der Waals surface area contributed by atoms with Crippen molar-refractivity contribution in [3.05, 3.63) is 30.3 Å². The molecule has 0 aliphatic carbocycles. The Morgan fingerprint density at radius 1 is 1.32 bits per heavy atom. The lowest BCUT2D eigenvalue weighted by Crippen LogP contribution is -2.50. The van der Waals surface area contributed by atoms with Crippen LogP contribution in [0.3, 0.4) is 0 Å². The van der Waals surface area contributed by atoms with E-state index in [9.17, 15) is 18.3 Å². The molecule has 1 aromatic rings. The Balaban J connectivity index is 2.19. The molecule has 1 saturated heterocycles. The smallest absolute Gasteiger partial charge is 0.323 e. The van der Waals surface area contributed by atoms with E-state index < -0.39 is 34.5 Å². The average Bonchev–Trinajstić information content (AvgIpc) is 2.70. The molecule has 0 bridgehead atoms. The quantitative estimate of drug-likeness (QED) is 0.652. The molecule has 1 fully saturated rings. The molecule has 2 rings (SSSR count). The normalized spacial score (nSPS) is 23.0. The molecular formula is C13H16N2O5S2. The van der Waals surface area contributed by atoms with E-state index in [1.807, 2.05) is 6.07 Å². The highest BCUT2D eigenvalue weighted by Gasteiger charge is 2.41. The molecule has 1 heterocycles. The molecule has 7 nitrogen and oxygen atoms in total. The van der Waals surface area contributed by atoms with Crippen molar-refractivity contribution in [3.8, 4) is 0 Å². The van der Waals surface area contributed by atoms with Gasteiger partial charge in [-0.15, -0.1) is 0 Å². The molecule has 3 N–H and O–H groups in total. The fourth-order valence-corrected chi connectivity index (χ4v) is 4.43. The lowest BCUT2D eigenvalue weighted by Gasteiger charge is -2.31. The Hall–Kier alpha value is -1.71. The Bertz CT molecular complexity index is 662. The summed E-state index contributed by atoms with van der Waals surface area (Å²) in [6.07, 6.45) is -1.17. The maximum Gasteiger partial charge on any atom is 0.323 e. The molecule has 120 valence electrons. The van der Waals surface area contributed by atoms with E-state index in [-0.39, 0.29) is 16.6 Å². The molecule has 2 atom stereocenters. The molecule has 0 unspecified atom stereocenters. The first kappa shape index (κ1) is 16.7. The van der Waals surface area contributed by atoms with Crippen LogP contribution in [0.4, 0.5) is 5.69 Å². The van der Waals surface area contributed by atoms with Crippen molar-refractivity contribution >= 4 is 38.8 Å². The molecule has 0 aromatic heterocycles. The second-order valence-corrected chi connectivity index (χ2v) is 7.57. The minimum absolute atomic E-state index is 0.0646. The van der Waals surface area contributed by atoms with Crippen molar-refractivity contribution in [1.82, 2.24) is 4.90 Å². The number of sulfone groups is 1. The Kier molecular flexibility index (Phi) is 4.99. The number of nitrogens with one attached hydrogen (secondary N) is 1. The van der Waals surface area contributed by atoms with Gasteiger partial charge in [-0.25, -0.2) is 8.42 Å². The highest BCUT2D eigenvalue weighted by molar-refractivity contribution is 7.91. The summed E-state index contributed by atoms with van der Waals surface area (Å²) in [4.78, 5) is 12.2. The van der Waals surface area contributed by atoms with Gasteiger partial charge in [0.05, 0.1) is 23.7 Å². The van der Waals surface area contributed by atoms with Gasteiger partial charge in [0, 0.05) is 5.69 Å². The third kappa shape index (κ3) is 4.15. The SMILES string of the molecule is O=C(O)CN(C(=S)Nc1ccccc1)[C@@H]1CS(=O)(=O)C[C@H]1O. The van der Waals surface area contributed by atoms with Crippen molar-refractivity contribution < 1.29 is 23.4 Å². The Labute approximate surface area is 133 Å².